The van der Waals surface area contributed by atoms with Crippen LogP contribution in [0.1, 0.15) is 10.5 Å². The van der Waals surface area contributed by atoms with Gasteiger partial charge in [-0.25, -0.2) is 9.37 Å². The molecule has 2 amide bonds. The van der Waals surface area contributed by atoms with Gasteiger partial charge in [0.2, 0.25) is 6.41 Å². The van der Waals surface area contributed by atoms with E-state index in [0.717, 1.165) is 6.41 Å². The summed E-state index contributed by atoms with van der Waals surface area (Å²) in [5.74, 6) is -0.480. The van der Waals surface area contributed by atoms with E-state index in [9.17, 15) is 14.0 Å². The highest BCUT2D eigenvalue weighted by Gasteiger charge is 2.22. The number of hydrogen-bond acceptors (Lipinski definition) is 4. The molecule has 1 aromatic carbocycles. The largest absolute Gasteiger partial charge is 0.354 e. The minimum absolute atomic E-state index is 0.155. The number of amides is 2. The summed E-state index contributed by atoms with van der Waals surface area (Å²) in [5.41, 5.74) is 1.63. The zero-order chi connectivity index (χ0) is 16.9. The average molecular weight is 328 g/mol. The molecular formula is C17H17FN4O2. The van der Waals surface area contributed by atoms with Crippen LogP contribution in [0.3, 0.4) is 0 Å². The summed E-state index contributed by atoms with van der Waals surface area (Å²) in [5, 5.41) is 3.03. The highest BCUT2D eigenvalue weighted by atomic mass is 19.1. The molecule has 1 fully saturated rings. The van der Waals surface area contributed by atoms with Crippen molar-refractivity contribution in [3.05, 3.63) is 54.1 Å². The van der Waals surface area contributed by atoms with Crippen LogP contribution in [0.25, 0.3) is 0 Å². The van der Waals surface area contributed by atoms with Crippen LogP contribution in [0.4, 0.5) is 15.8 Å². The van der Waals surface area contributed by atoms with Gasteiger partial charge in [0.15, 0.2) is 0 Å². The van der Waals surface area contributed by atoms with Gasteiger partial charge in [0, 0.05) is 31.9 Å². The Morgan fingerprint density at radius 2 is 1.92 bits per heavy atom. The van der Waals surface area contributed by atoms with Crippen molar-refractivity contribution in [3.8, 4) is 0 Å². The lowest BCUT2D eigenvalue weighted by Crippen LogP contribution is -2.48. The topological polar surface area (TPSA) is 65.5 Å². The number of nitrogens with zero attached hydrogens (tertiary/aromatic N) is 3. The van der Waals surface area contributed by atoms with Crippen molar-refractivity contribution in [2.24, 2.45) is 0 Å². The molecule has 0 unspecified atom stereocenters. The highest BCUT2D eigenvalue weighted by molar-refractivity contribution is 5.92. The summed E-state index contributed by atoms with van der Waals surface area (Å²) in [6, 6.07) is 9.47. The Morgan fingerprint density at radius 1 is 1.12 bits per heavy atom. The Morgan fingerprint density at radius 3 is 2.54 bits per heavy atom. The van der Waals surface area contributed by atoms with Gasteiger partial charge in [0.1, 0.15) is 11.5 Å². The molecule has 124 valence electrons. The lowest BCUT2D eigenvalue weighted by Gasteiger charge is -2.32. The van der Waals surface area contributed by atoms with Crippen molar-refractivity contribution in [1.29, 1.82) is 0 Å². The van der Waals surface area contributed by atoms with E-state index < -0.39 is 0 Å². The number of benzene rings is 1. The summed E-state index contributed by atoms with van der Waals surface area (Å²) in [6.45, 7) is 2.08. The van der Waals surface area contributed by atoms with E-state index in [2.05, 4.69) is 10.3 Å². The van der Waals surface area contributed by atoms with Crippen LogP contribution in [0.2, 0.25) is 0 Å². The smallest absolute Gasteiger partial charge is 0.272 e. The minimum atomic E-state index is -0.325. The predicted octanol–water partition coefficient (Wildman–Crippen LogP) is 1.88. The standard InChI is InChI=1S/C17H17FN4O2/c18-13-2-1-3-14(10-13)20-15-4-5-16(19-11-15)17(24)22-8-6-21(12-23)7-9-22/h1-5,10-12,20H,6-9H2. The van der Waals surface area contributed by atoms with Crippen LogP contribution in [0.5, 0.6) is 0 Å². The first kappa shape index (κ1) is 15.9. The fourth-order valence-corrected chi connectivity index (χ4v) is 2.52. The van der Waals surface area contributed by atoms with Crippen molar-refractivity contribution in [2.75, 3.05) is 31.5 Å². The number of carbonyl (C=O) groups is 2. The van der Waals surface area contributed by atoms with E-state index >= 15 is 0 Å². The quantitative estimate of drug-likeness (QED) is 0.871. The second-order valence-corrected chi connectivity index (χ2v) is 5.50. The zero-order valence-electron chi connectivity index (χ0n) is 13.0. The van der Waals surface area contributed by atoms with Crippen LogP contribution in [0.15, 0.2) is 42.6 Å². The minimum Gasteiger partial charge on any atom is -0.354 e. The number of carbonyl (C=O) groups excluding carboxylic acids is 2. The maximum absolute atomic E-state index is 13.2. The molecule has 0 bridgehead atoms. The maximum atomic E-state index is 13.2. The Kier molecular flexibility index (Phi) is 4.69. The number of aromatic nitrogens is 1. The highest BCUT2D eigenvalue weighted by Crippen LogP contribution is 2.17. The zero-order valence-corrected chi connectivity index (χ0v) is 13.0. The summed E-state index contributed by atoms with van der Waals surface area (Å²) in [6.07, 6.45) is 2.34. The van der Waals surface area contributed by atoms with E-state index in [1.54, 1.807) is 40.3 Å². The number of hydrogen-bond donors (Lipinski definition) is 1. The van der Waals surface area contributed by atoms with Crippen LogP contribution in [-0.4, -0.2) is 53.3 Å². The normalized spacial score (nSPS) is 14.4. The number of piperazine rings is 1. The molecule has 1 saturated heterocycles. The molecule has 0 atom stereocenters. The third-order valence-electron chi connectivity index (χ3n) is 3.85. The van der Waals surface area contributed by atoms with E-state index in [1.807, 2.05) is 0 Å². The molecule has 6 nitrogen and oxygen atoms in total. The number of halogens is 1. The Bertz CT molecular complexity index is 728. The van der Waals surface area contributed by atoms with Crippen LogP contribution >= 0.6 is 0 Å². The molecule has 1 N–H and O–H groups in total. The van der Waals surface area contributed by atoms with Crippen molar-refractivity contribution < 1.29 is 14.0 Å². The number of rotatable bonds is 4. The van der Waals surface area contributed by atoms with Crippen LogP contribution in [-0.2, 0) is 4.79 Å². The Hall–Kier alpha value is -2.96. The fourth-order valence-electron chi connectivity index (χ4n) is 2.52. The fraction of sp³-hybridized carbons (Fsp3) is 0.235. The Labute approximate surface area is 138 Å². The molecule has 0 aliphatic carbocycles. The molecule has 2 aromatic rings. The maximum Gasteiger partial charge on any atom is 0.272 e. The first-order chi connectivity index (χ1) is 11.7. The molecule has 0 spiro atoms. The van der Waals surface area contributed by atoms with Gasteiger partial charge in [-0.2, -0.15) is 0 Å². The molecule has 7 heteroatoms. The van der Waals surface area contributed by atoms with Gasteiger partial charge < -0.3 is 15.1 Å². The number of pyridine rings is 1. The van der Waals surface area contributed by atoms with Gasteiger partial charge in [0.05, 0.1) is 11.9 Å². The Balaban J connectivity index is 1.64. The lowest BCUT2D eigenvalue weighted by atomic mass is 10.2. The lowest BCUT2D eigenvalue weighted by molar-refractivity contribution is -0.119. The van der Waals surface area contributed by atoms with E-state index in [0.29, 0.717) is 43.2 Å². The van der Waals surface area contributed by atoms with E-state index in [4.69, 9.17) is 0 Å². The van der Waals surface area contributed by atoms with Gasteiger partial charge >= 0.3 is 0 Å². The van der Waals surface area contributed by atoms with Crippen molar-refractivity contribution in [3.63, 3.8) is 0 Å². The van der Waals surface area contributed by atoms with E-state index in [1.165, 1.54) is 12.1 Å². The van der Waals surface area contributed by atoms with Crippen LogP contribution in [0, 0.1) is 5.82 Å². The monoisotopic (exact) mass is 328 g/mol. The predicted molar refractivity (Wildman–Crippen MR) is 87.5 cm³/mol. The van der Waals surface area contributed by atoms with Crippen molar-refractivity contribution >= 4 is 23.7 Å². The van der Waals surface area contributed by atoms with Crippen LogP contribution < -0.4 is 5.32 Å². The van der Waals surface area contributed by atoms with Crippen molar-refractivity contribution in [2.45, 2.75) is 0 Å². The van der Waals surface area contributed by atoms with Crippen molar-refractivity contribution in [1.82, 2.24) is 14.8 Å². The van der Waals surface area contributed by atoms with Gasteiger partial charge in [-0.05, 0) is 30.3 Å². The summed E-state index contributed by atoms with van der Waals surface area (Å²) < 4.78 is 13.2. The van der Waals surface area contributed by atoms with Gasteiger partial charge in [-0.15, -0.1) is 0 Å². The third-order valence-corrected chi connectivity index (χ3v) is 3.85. The molecule has 1 aliphatic rings. The summed E-state index contributed by atoms with van der Waals surface area (Å²) in [7, 11) is 0. The molecular weight excluding hydrogens is 311 g/mol. The molecule has 1 aliphatic heterocycles. The summed E-state index contributed by atoms with van der Waals surface area (Å²) >= 11 is 0. The molecule has 3 rings (SSSR count). The SMILES string of the molecule is O=CN1CCN(C(=O)c2ccc(Nc3cccc(F)c3)cn2)CC1. The molecule has 24 heavy (non-hydrogen) atoms. The molecule has 0 radical (unpaired) electrons. The molecule has 1 aromatic heterocycles. The first-order valence-electron chi connectivity index (χ1n) is 7.63. The second kappa shape index (κ2) is 7.08. The summed E-state index contributed by atoms with van der Waals surface area (Å²) in [4.78, 5) is 30.6. The van der Waals surface area contributed by atoms with E-state index in [-0.39, 0.29) is 11.7 Å². The van der Waals surface area contributed by atoms with Gasteiger partial charge in [-0.1, -0.05) is 6.07 Å². The average Bonchev–Trinajstić information content (AvgIpc) is 2.62. The molecule has 2 heterocycles. The third kappa shape index (κ3) is 3.68. The van der Waals surface area contributed by atoms with Gasteiger partial charge in [-0.3, -0.25) is 9.59 Å². The molecule has 0 saturated carbocycles. The first-order valence-corrected chi connectivity index (χ1v) is 7.63. The number of anilines is 2. The second-order valence-electron chi connectivity index (χ2n) is 5.50. The van der Waals surface area contributed by atoms with Gasteiger partial charge in [0.25, 0.3) is 5.91 Å². The number of nitrogens with one attached hydrogen (secondary N) is 1.